The summed E-state index contributed by atoms with van der Waals surface area (Å²) >= 11 is 1.61. The Morgan fingerprint density at radius 3 is 2.33 bits per heavy atom. The Morgan fingerprint density at radius 2 is 1.76 bits per heavy atom. The molecule has 0 saturated heterocycles. The maximum absolute atomic E-state index is 5.84. The normalized spacial score (nSPS) is 11.4. The van der Waals surface area contributed by atoms with Gasteiger partial charge in [-0.2, -0.15) is 0 Å². The van der Waals surface area contributed by atoms with Crippen LogP contribution in [-0.2, 0) is 5.41 Å². The van der Waals surface area contributed by atoms with Crippen molar-refractivity contribution in [3.63, 3.8) is 0 Å². The molecule has 0 aliphatic heterocycles. The Hall–Kier alpha value is -1.68. The molecule has 0 saturated carbocycles. The van der Waals surface area contributed by atoms with Gasteiger partial charge in [-0.25, -0.2) is 4.98 Å². The highest BCUT2D eigenvalue weighted by atomic mass is 32.2. The van der Waals surface area contributed by atoms with E-state index in [1.807, 2.05) is 19.1 Å². The molecular formula is C17H22N2OS. The van der Waals surface area contributed by atoms with Crippen LogP contribution in [0, 0.1) is 0 Å². The highest BCUT2D eigenvalue weighted by Gasteiger charge is 2.13. The predicted molar refractivity (Wildman–Crippen MR) is 89.1 cm³/mol. The molecule has 2 aromatic rings. The number of aromatic nitrogens is 1. The minimum absolute atomic E-state index is 0.171. The number of pyridine rings is 1. The summed E-state index contributed by atoms with van der Waals surface area (Å²) in [7, 11) is 0. The number of rotatable bonds is 4. The van der Waals surface area contributed by atoms with Gasteiger partial charge in [0.15, 0.2) is 0 Å². The zero-order chi connectivity index (χ0) is 15.5. The highest BCUT2D eigenvalue weighted by Crippen LogP contribution is 2.31. The van der Waals surface area contributed by atoms with Gasteiger partial charge in [0.2, 0.25) is 5.88 Å². The lowest BCUT2D eigenvalue weighted by molar-refractivity contribution is 0.326. The zero-order valence-electron chi connectivity index (χ0n) is 13.0. The smallest absolute Gasteiger partial charge is 0.238 e. The number of nitrogens with zero attached hydrogens (tertiary/aromatic N) is 1. The average molecular weight is 302 g/mol. The van der Waals surface area contributed by atoms with E-state index >= 15 is 0 Å². The van der Waals surface area contributed by atoms with Gasteiger partial charge in [-0.15, -0.1) is 0 Å². The summed E-state index contributed by atoms with van der Waals surface area (Å²) in [5.74, 6) is 0.508. The van der Waals surface area contributed by atoms with Crippen molar-refractivity contribution < 1.29 is 4.74 Å². The van der Waals surface area contributed by atoms with E-state index in [0.29, 0.717) is 18.2 Å². The van der Waals surface area contributed by atoms with E-state index in [9.17, 15) is 0 Å². The van der Waals surface area contributed by atoms with Crippen LogP contribution >= 0.6 is 11.8 Å². The maximum Gasteiger partial charge on any atom is 0.238 e. The summed E-state index contributed by atoms with van der Waals surface area (Å²) < 4.78 is 5.43. The van der Waals surface area contributed by atoms with Crippen LogP contribution in [0.2, 0.25) is 0 Å². The predicted octanol–water partition coefficient (Wildman–Crippen LogP) is 4.51. The van der Waals surface area contributed by atoms with Crippen LogP contribution in [0.1, 0.15) is 33.3 Å². The van der Waals surface area contributed by atoms with Crippen molar-refractivity contribution in [1.29, 1.82) is 0 Å². The van der Waals surface area contributed by atoms with Crippen LogP contribution in [0.3, 0.4) is 0 Å². The molecule has 21 heavy (non-hydrogen) atoms. The van der Waals surface area contributed by atoms with Crippen molar-refractivity contribution in [2.24, 2.45) is 0 Å². The minimum atomic E-state index is 0.171. The minimum Gasteiger partial charge on any atom is -0.476 e. The summed E-state index contributed by atoms with van der Waals surface area (Å²) in [6.07, 6.45) is 0. The molecule has 112 valence electrons. The van der Waals surface area contributed by atoms with E-state index in [0.717, 1.165) is 9.92 Å². The number of benzene rings is 1. The SMILES string of the molecule is CCOc1nc(Sc2ccc(C(C)(C)C)cc2)ccc1N. The van der Waals surface area contributed by atoms with Gasteiger partial charge in [0.1, 0.15) is 5.03 Å². The fourth-order valence-electron chi connectivity index (χ4n) is 1.89. The fourth-order valence-corrected chi connectivity index (χ4v) is 2.67. The van der Waals surface area contributed by atoms with E-state index in [-0.39, 0.29) is 5.41 Å². The Bertz CT molecular complexity index is 603. The Labute approximate surface area is 130 Å². The third-order valence-electron chi connectivity index (χ3n) is 3.09. The second-order valence-corrected chi connectivity index (χ2v) is 6.95. The van der Waals surface area contributed by atoms with Gasteiger partial charge in [-0.1, -0.05) is 44.7 Å². The van der Waals surface area contributed by atoms with Crippen molar-refractivity contribution in [3.05, 3.63) is 42.0 Å². The van der Waals surface area contributed by atoms with E-state index in [4.69, 9.17) is 10.5 Å². The Morgan fingerprint density at radius 1 is 1.10 bits per heavy atom. The summed E-state index contributed by atoms with van der Waals surface area (Å²) in [5.41, 5.74) is 7.91. The summed E-state index contributed by atoms with van der Waals surface area (Å²) in [4.78, 5) is 5.60. The quantitative estimate of drug-likeness (QED) is 0.902. The Balaban J connectivity index is 2.16. The molecule has 0 spiro atoms. The molecule has 0 aliphatic rings. The summed E-state index contributed by atoms with van der Waals surface area (Å²) in [6, 6.07) is 12.4. The second kappa shape index (κ2) is 6.39. The molecule has 0 fully saturated rings. The van der Waals surface area contributed by atoms with Crippen LogP contribution < -0.4 is 10.5 Å². The van der Waals surface area contributed by atoms with Crippen molar-refractivity contribution in [2.75, 3.05) is 12.3 Å². The van der Waals surface area contributed by atoms with Gasteiger partial charge in [0.25, 0.3) is 0 Å². The van der Waals surface area contributed by atoms with Crippen molar-refractivity contribution >= 4 is 17.4 Å². The van der Waals surface area contributed by atoms with Crippen LogP contribution in [0.4, 0.5) is 5.69 Å². The number of anilines is 1. The van der Waals surface area contributed by atoms with Gasteiger partial charge in [0.05, 0.1) is 12.3 Å². The molecule has 1 aromatic carbocycles. The summed E-state index contributed by atoms with van der Waals surface area (Å²) in [5, 5.41) is 0.885. The van der Waals surface area contributed by atoms with Crippen LogP contribution in [0.15, 0.2) is 46.3 Å². The van der Waals surface area contributed by atoms with Gasteiger partial charge >= 0.3 is 0 Å². The molecular weight excluding hydrogens is 280 g/mol. The number of hydrogen-bond donors (Lipinski definition) is 1. The fraction of sp³-hybridized carbons (Fsp3) is 0.353. The lowest BCUT2D eigenvalue weighted by Crippen LogP contribution is -2.10. The van der Waals surface area contributed by atoms with Crippen molar-refractivity contribution in [2.45, 2.75) is 43.0 Å². The molecule has 0 radical (unpaired) electrons. The largest absolute Gasteiger partial charge is 0.476 e. The lowest BCUT2D eigenvalue weighted by atomic mass is 9.87. The summed E-state index contributed by atoms with van der Waals surface area (Å²) in [6.45, 7) is 9.12. The number of ether oxygens (including phenoxy) is 1. The van der Waals surface area contributed by atoms with E-state index in [1.165, 1.54) is 5.56 Å². The molecule has 2 N–H and O–H groups in total. The average Bonchev–Trinajstić information content (AvgIpc) is 2.42. The van der Waals surface area contributed by atoms with E-state index < -0.39 is 0 Å². The first kappa shape index (κ1) is 15.7. The van der Waals surface area contributed by atoms with Gasteiger partial charge < -0.3 is 10.5 Å². The number of nitrogens with two attached hydrogens (primary N) is 1. The molecule has 0 bridgehead atoms. The first-order chi connectivity index (χ1) is 9.90. The van der Waals surface area contributed by atoms with Crippen LogP contribution in [0.5, 0.6) is 5.88 Å². The standard InChI is InChI=1S/C17H22N2OS/c1-5-20-16-14(18)10-11-15(19-16)21-13-8-6-12(7-9-13)17(2,3)4/h6-11H,5,18H2,1-4H3. The first-order valence-corrected chi connectivity index (χ1v) is 7.89. The molecule has 1 heterocycles. The topological polar surface area (TPSA) is 48.1 Å². The Kier molecular flexibility index (Phi) is 4.78. The lowest BCUT2D eigenvalue weighted by Gasteiger charge is -2.19. The van der Waals surface area contributed by atoms with Gasteiger partial charge in [-0.05, 0) is 42.2 Å². The van der Waals surface area contributed by atoms with E-state index in [2.05, 4.69) is 50.0 Å². The zero-order valence-corrected chi connectivity index (χ0v) is 13.8. The van der Waals surface area contributed by atoms with Crippen molar-refractivity contribution in [1.82, 2.24) is 4.98 Å². The molecule has 1 aromatic heterocycles. The van der Waals surface area contributed by atoms with Crippen LogP contribution in [0.25, 0.3) is 0 Å². The molecule has 0 atom stereocenters. The monoisotopic (exact) mass is 302 g/mol. The van der Waals surface area contributed by atoms with Crippen LogP contribution in [-0.4, -0.2) is 11.6 Å². The first-order valence-electron chi connectivity index (χ1n) is 7.08. The molecule has 4 heteroatoms. The second-order valence-electron chi connectivity index (χ2n) is 5.85. The maximum atomic E-state index is 5.84. The third kappa shape index (κ3) is 4.14. The van der Waals surface area contributed by atoms with Crippen molar-refractivity contribution in [3.8, 4) is 5.88 Å². The highest BCUT2D eigenvalue weighted by molar-refractivity contribution is 7.99. The molecule has 2 rings (SSSR count). The van der Waals surface area contributed by atoms with E-state index in [1.54, 1.807) is 11.8 Å². The third-order valence-corrected chi connectivity index (χ3v) is 4.03. The number of nitrogen functional groups attached to an aromatic ring is 1. The molecule has 0 unspecified atom stereocenters. The molecule has 3 nitrogen and oxygen atoms in total. The van der Waals surface area contributed by atoms with Gasteiger partial charge in [0, 0.05) is 4.90 Å². The molecule has 0 aliphatic carbocycles. The number of hydrogen-bond acceptors (Lipinski definition) is 4. The molecule has 0 amide bonds. The van der Waals surface area contributed by atoms with Gasteiger partial charge in [-0.3, -0.25) is 0 Å².